The van der Waals surface area contributed by atoms with Crippen LogP contribution < -0.4 is 9.64 Å². The highest BCUT2D eigenvalue weighted by molar-refractivity contribution is 5.72. The quantitative estimate of drug-likeness (QED) is 0.799. The van der Waals surface area contributed by atoms with E-state index in [-0.39, 0.29) is 17.6 Å². The van der Waals surface area contributed by atoms with E-state index in [2.05, 4.69) is 9.72 Å². The molecule has 2 heterocycles. The molecule has 1 saturated heterocycles. The highest BCUT2D eigenvalue weighted by Gasteiger charge is 2.31. The van der Waals surface area contributed by atoms with E-state index in [4.69, 9.17) is 4.74 Å². The number of halogens is 3. The molecule has 0 unspecified atom stereocenters. The van der Waals surface area contributed by atoms with E-state index in [9.17, 15) is 18.0 Å². The summed E-state index contributed by atoms with van der Waals surface area (Å²) in [5.74, 6) is -0.0948. The number of anilines is 1. The zero-order chi connectivity index (χ0) is 16.2. The fraction of sp³-hybridized carbons (Fsp3) is 0.571. The number of hydrogen-bond acceptors (Lipinski definition) is 5. The Balaban J connectivity index is 1.90. The van der Waals surface area contributed by atoms with E-state index in [0.717, 1.165) is 6.20 Å². The minimum atomic E-state index is -4.72. The number of carbonyl (C=O) groups is 1. The van der Waals surface area contributed by atoms with Gasteiger partial charge in [-0.05, 0) is 31.9 Å². The van der Waals surface area contributed by atoms with Gasteiger partial charge in [-0.3, -0.25) is 4.79 Å². The molecule has 0 spiro atoms. The van der Waals surface area contributed by atoms with Crippen molar-refractivity contribution < 1.29 is 27.4 Å². The third-order valence-electron chi connectivity index (χ3n) is 3.39. The molecule has 22 heavy (non-hydrogen) atoms. The zero-order valence-electron chi connectivity index (χ0n) is 12.1. The van der Waals surface area contributed by atoms with Gasteiger partial charge >= 0.3 is 12.3 Å². The molecule has 0 saturated carbocycles. The predicted molar refractivity (Wildman–Crippen MR) is 72.5 cm³/mol. The summed E-state index contributed by atoms with van der Waals surface area (Å²) in [6.45, 7) is 3.34. The summed E-state index contributed by atoms with van der Waals surface area (Å²) in [5, 5.41) is 0. The van der Waals surface area contributed by atoms with Crippen molar-refractivity contribution in [2.45, 2.75) is 26.1 Å². The molecule has 2 rings (SSSR count). The number of aromatic nitrogens is 1. The summed E-state index contributed by atoms with van der Waals surface area (Å²) in [5.41, 5.74) is 0. The Labute approximate surface area is 126 Å². The number of esters is 1. The molecular weight excluding hydrogens is 301 g/mol. The Kier molecular flexibility index (Phi) is 5.10. The van der Waals surface area contributed by atoms with Crippen LogP contribution in [0, 0.1) is 5.92 Å². The van der Waals surface area contributed by atoms with Gasteiger partial charge in [-0.15, -0.1) is 13.2 Å². The fourth-order valence-corrected chi connectivity index (χ4v) is 2.36. The van der Waals surface area contributed by atoms with Crippen LogP contribution in [-0.2, 0) is 9.53 Å². The maximum Gasteiger partial charge on any atom is 0.573 e. The molecule has 0 bridgehead atoms. The predicted octanol–water partition coefficient (Wildman–Crippen LogP) is 2.76. The van der Waals surface area contributed by atoms with Crippen LogP contribution in [0.4, 0.5) is 19.0 Å². The molecule has 0 radical (unpaired) electrons. The Hall–Kier alpha value is -1.99. The van der Waals surface area contributed by atoms with Crippen LogP contribution in [-0.4, -0.2) is 37.0 Å². The van der Waals surface area contributed by atoms with E-state index in [1.165, 1.54) is 12.1 Å². The van der Waals surface area contributed by atoms with Crippen LogP contribution in [0.15, 0.2) is 18.3 Å². The summed E-state index contributed by atoms with van der Waals surface area (Å²) < 4.78 is 45.0. The highest BCUT2D eigenvalue weighted by atomic mass is 19.4. The summed E-state index contributed by atoms with van der Waals surface area (Å²) in [6, 6.07) is 2.71. The third kappa shape index (κ3) is 4.51. The van der Waals surface area contributed by atoms with Crippen molar-refractivity contribution in [3.63, 3.8) is 0 Å². The second kappa shape index (κ2) is 6.85. The summed E-state index contributed by atoms with van der Waals surface area (Å²) in [6.07, 6.45) is -2.40. The third-order valence-corrected chi connectivity index (χ3v) is 3.39. The van der Waals surface area contributed by atoms with Crippen molar-refractivity contribution in [2.75, 3.05) is 24.6 Å². The average Bonchev–Trinajstić information content (AvgIpc) is 2.47. The molecular formula is C14H17F3N2O3. The van der Waals surface area contributed by atoms with Gasteiger partial charge < -0.3 is 14.4 Å². The lowest BCUT2D eigenvalue weighted by Gasteiger charge is -2.31. The average molecular weight is 318 g/mol. The standard InChI is InChI=1S/C14H17F3N2O3/c1-2-21-13(20)10-5-7-19(8-6-10)12-4-3-11(9-18-12)22-14(15,16)17/h3-4,9-10H,2,5-8H2,1H3. The fourth-order valence-electron chi connectivity index (χ4n) is 2.36. The number of pyridine rings is 1. The molecule has 1 aromatic heterocycles. The number of nitrogens with zero attached hydrogens (tertiary/aromatic N) is 2. The second-order valence-electron chi connectivity index (χ2n) is 4.91. The first-order valence-corrected chi connectivity index (χ1v) is 7.02. The topological polar surface area (TPSA) is 51.7 Å². The summed E-state index contributed by atoms with van der Waals surface area (Å²) >= 11 is 0. The van der Waals surface area contributed by atoms with E-state index in [0.29, 0.717) is 38.4 Å². The Bertz CT molecular complexity index is 497. The van der Waals surface area contributed by atoms with Crippen LogP contribution in [0.25, 0.3) is 0 Å². The molecule has 1 fully saturated rings. The number of carbonyl (C=O) groups excluding carboxylic acids is 1. The molecule has 8 heteroatoms. The van der Waals surface area contributed by atoms with Gasteiger partial charge in [0.25, 0.3) is 0 Å². The van der Waals surface area contributed by atoms with E-state index < -0.39 is 6.36 Å². The summed E-state index contributed by atoms with van der Waals surface area (Å²) in [7, 11) is 0. The molecule has 0 amide bonds. The lowest BCUT2D eigenvalue weighted by molar-refractivity contribution is -0.274. The molecule has 0 aromatic carbocycles. The van der Waals surface area contributed by atoms with Gasteiger partial charge in [-0.25, -0.2) is 4.98 Å². The minimum absolute atomic E-state index is 0.121. The molecule has 0 aliphatic carbocycles. The maximum absolute atomic E-state index is 12.1. The van der Waals surface area contributed by atoms with Crippen LogP contribution in [0.2, 0.25) is 0 Å². The first-order chi connectivity index (χ1) is 10.4. The Morgan fingerprint density at radius 1 is 1.36 bits per heavy atom. The smallest absolute Gasteiger partial charge is 0.466 e. The van der Waals surface area contributed by atoms with Gasteiger partial charge in [-0.2, -0.15) is 0 Å². The van der Waals surface area contributed by atoms with E-state index in [1.54, 1.807) is 6.92 Å². The molecule has 1 aliphatic heterocycles. The van der Waals surface area contributed by atoms with Crippen molar-refractivity contribution in [1.29, 1.82) is 0 Å². The SMILES string of the molecule is CCOC(=O)C1CCN(c2ccc(OC(F)(F)F)cn2)CC1. The van der Waals surface area contributed by atoms with Crippen molar-refractivity contribution in [3.05, 3.63) is 18.3 Å². The highest BCUT2D eigenvalue weighted by Crippen LogP contribution is 2.26. The number of rotatable bonds is 4. The van der Waals surface area contributed by atoms with Gasteiger partial charge in [0.1, 0.15) is 11.6 Å². The van der Waals surface area contributed by atoms with Crippen LogP contribution >= 0.6 is 0 Å². The van der Waals surface area contributed by atoms with Gasteiger partial charge in [-0.1, -0.05) is 0 Å². The van der Waals surface area contributed by atoms with Crippen LogP contribution in [0.3, 0.4) is 0 Å². The summed E-state index contributed by atoms with van der Waals surface area (Å²) in [4.78, 5) is 17.5. The first-order valence-electron chi connectivity index (χ1n) is 7.02. The van der Waals surface area contributed by atoms with Crippen molar-refractivity contribution >= 4 is 11.8 Å². The minimum Gasteiger partial charge on any atom is -0.466 e. The van der Waals surface area contributed by atoms with Crippen molar-refractivity contribution in [2.24, 2.45) is 5.92 Å². The Morgan fingerprint density at radius 3 is 2.55 bits per heavy atom. The molecule has 1 aromatic rings. The number of hydrogen-bond donors (Lipinski definition) is 0. The normalized spacial score (nSPS) is 16.5. The largest absolute Gasteiger partial charge is 0.573 e. The molecule has 0 atom stereocenters. The monoisotopic (exact) mass is 318 g/mol. The molecule has 5 nitrogen and oxygen atoms in total. The van der Waals surface area contributed by atoms with Crippen LogP contribution in [0.5, 0.6) is 5.75 Å². The van der Waals surface area contributed by atoms with Crippen molar-refractivity contribution in [3.8, 4) is 5.75 Å². The second-order valence-corrected chi connectivity index (χ2v) is 4.91. The lowest BCUT2D eigenvalue weighted by Crippen LogP contribution is -2.37. The number of ether oxygens (including phenoxy) is 2. The van der Waals surface area contributed by atoms with Gasteiger partial charge in [0.15, 0.2) is 0 Å². The number of piperidine rings is 1. The zero-order valence-corrected chi connectivity index (χ0v) is 12.1. The van der Waals surface area contributed by atoms with Gasteiger partial charge in [0, 0.05) is 13.1 Å². The van der Waals surface area contributed by atoms with Gasteiger partial charge in [0.05, 0.1) is 18.7 Å². The Morgan fingerprint density at radius 2 is 2.05 bits per heavy atom. The lowest BCUT2D eigenvalue weighted by atomic mass is 9.97. The first kappa shape index (κ1) is 16.4. The molecule has 1 aliphatic rings. The van der Waals surface area contributed by atoms with Gasteiger partial charge in [0.2, 0.25) is 0 Å². The van der Waals surface area contributed by atoms with Crippen molar-refractivity contribution in [1.82, 2.24) is 4.98 Å². The maximum atomic E-state index is 12.1. The molecule has 0 N–H and O–H groups in total. The molecule has 122 valence electrons. The van der Waals surface area contributed by atoms with E-state index in [1.807, 2.05) is 4.90 Å². The van der Waals surface area contributed by atoms with E-state index >= 15 is 0 Å². The van der Waals surface area contributed by atoms with Crippen LogP contribution in [0.1, 0.15) is 19.8 Å². The number of alkyl halides is 3.